The van der Waals surface area contributed by atoms with Gasteiger partial charge in [0.1, 0.15) is 6.33 Å². The van der Waals surface area contributed by atoms with Gasteiger partial charge < -0.3 is 5.32 Å². The van der Waals surface area contributed by atoms with Crippen LogP contribution in [0.3, 0.4) is 0 Å². The van der Waals surface area contributed by atoms with E-state index >= 15 is 0 Å². The summed E-state index contributed by atoms with van der Waals surface area (Å²) in [5.74, 6) is 0.864. The molecular formula is C14H17N5S. The van der Waals surface area contributed by atoms with Crippen molar-refractivity contribution in [2.24, 2.45) is 12.0 Å². The topological polar surface area (TPSA) is 55.1 Å². The number of aromatic nitrogens is 3. The molecule has 1 aliphatic rings. The van der Waals surface area contributed by atoms with Gasteiger partial charge in [0.05, 0.1) is 11.8 Å². The summed E-state index contributed by atoms with van der Waals surface area (Å²) in [7, 11) is 1.88. The highest BCUT2D eigenvalue weighted by atomic mass is 32.2. The number of nitrogens with zero attached hydrogens (tertiary/aromatic N) is 4. The fourth-order valence-electron chi connectivity index (χ4n) is 2.09. The molecule has 20 heavy (non-hydrogen) atoms. The van der Waals surface area contributed by atoms with E-state index in [2.05, 4.69) is 44.7 Å². The first-order valence-electron chi connectivity index (χ1n) is 6.66. The van der Waals surface area contributed by atoms with Crippen LogP contribution in [-0.4, -0.2) is 33.0 Å². The molecule has 1 atom stereocenters. The van der Waals surface area contributed by atoms with Crippen molar-refractivity contribution in [3.63, 3.8) is 0 Å². The third-order valence-corrected chi connectivity index (χ3v) is 4.30. The zero-order valence-corrected chi connectivity index (χ0v) is 12.2. The summed E-state index contributed by atoms with van der Waals surface area (Å²) in [6.07, 6.45) is 2.54. The standard InChI is InChI=1S/C14H17N5S/c1-19-10-17-13(18-19)7-8-15-14-16-9-12(20-14)11-5-3-2-4-6-11/h2-6,10,12H,7-9H2,1H3,(H,15,16). The van der Waals surface area contributed by atoms with Gasteiger partial charge in [-0.2, -0.15) is 5.10 Å². The Morgan fingerprint density at radius 3 is 2.95 bits per heavy atom. The first kappa shape index (κ1) is 13.2. The second-order valence-corrected chi connectivity index (χ2v) is 5.87. The first-order valence-corrected chi connectivity index (χ1v) is 7.53. The highest BCUT2D eigenvalue weighted by molar-refractivity contribution is 8.14. The highest BCUT2D eigenvalue weighted by Gasteiger charge is 2.20. The zero-order valence-electron chi connectivity index (χ0n) is 11.4. The summed E-state index contributed by atoms with van der Waals surface area (Å²) >= 11 is 1.80. The average molecular weight is 287 g/mol. The van der Waals surface area contributed by atoms with E-state index in [9.17, 15) is 0 Å². The lowest BCUT2D eigenvalue weighted by molar-refractivity contribution is 0.730. The quantitative estimate of drug-likeness (QED) is 0.931. The summed E-state index contributed by atoms with van der Waals surface area (Å²) in [4.78, 5) is 8.76. The Labute approximate surface area is 122 Å². The summed E-state index contributed by atoms with van der Waals surface area (Å²) in [5, 5.41) is 9.08. The molecule has 1 aromatic heterocycles. The fraction of sp³-hybridized carbons (Fsp3) is 0.357. The Kier molecular flexibility index (Phi) is 4.01. The van der Waals surface area contributed by atoms with Crippen LogP contribution >= 0.6 is 11.8 Å². The summed E-state index contributed by atoms with van der Waals surface area (Å²) in [5.41, 5.74) is 1.34. The van der Waals surface area contributed by atoms with Gasteiger partial charge >= 0.3 is 0 Å². The van der Waals surface area contributed by atoms with Crippen LogP contribution in [0.4, 0.5) is 0 Å². The van der Waals surface area contributed by atoms with Gasteiger partial charge in [0.2, 0.25) is 0 Å². The lowest BCUT2D eigenvalue weighted by atomic mass is 10.1. The molecule has 5 nitrogen and oxygen atoms in total. The largest absolute Gasteiger partial charge is 0.364 e. The molecule has 0 aliphatic carbocycles. The minimum absolute atomic E-state index is 0.437. The van der Waals surface area contributed by atoms with Gasteiger partial charge in [-0.05, 0) is 5.56 Å². The van der Waals surface area contributed by atoms with Gasteiger partial charge in [0.15, 0.2) is 11.0 Å². The normalized spacial score (nSPS) is 18.1. The molecule has 2 aromatic rings. The summed E-state index contributed by atoms with van der Waals surface area (Å²) in [6.45, 7) is 1.66. The molecule has 1 aromatic carbocycles. The number of aliphatic imine (C=N–C) groups is 1. The van der Waals surface area contributed by atoms with Gasteiger partial charge in [-0.15, -0.1) is 0 Å². The monoisotopic (exact) mass is 287 g/mol. The predicted octanol–water partition coefficient (Wildman–Crippen LogP) is 1.79. The second-order valence-electron chi connectivity index (χ2n) is 4.67. The van der Waals surface area contributed by atoms with Crippen LogP contribution in [0.25, 0.3) is 0 Å². The molecule has 6 heteroatoms. The van der Waals surface area contributed by atoms with E-state index in [1.165, 1.54) is 5.56 Å². The highest BCUT2D eigenvalue weighted by Crippen LogP contribution is 2.33. The summed E-state index contributed by atoms with van der Waals surface area (Å²) < 4.78 is 1.72. The van der Waals surface area contributed by atoms with Crippen molar-refractivity contribution in [1.29, 1.82) is 0 Å². The SMILES string of the molecule is Cn1cnc(CCNC2=NCC(c3ccccc3)S2)n1. The molecule has 0 radical (unpaired) electrons. The smallest absolute Gasteiger partial charge is 0.157 e. The van der Waals surface area contributed by atoms with E-state index in [0.717, 1.165) is 30.5 Å². The van der Waals surface area contributed by atoms with E-state index in [0.29, 0.717) is 5.25 Å². The van der Waals surface area contributed by atoms with Crippen LogP contribution in [0.2, 0.25) is 0 Å². The van der Waals surface area contributed by atoms with Crippen molar-refractivity contribution >= 4 is 16.9 Å². The predicted molar refractivity (Wildman–Crippen MR) is 81.8 cm³/mol. The van der Waals surface area contributed by atoms with Crippen LogP contribution < -0.4 is 5.32 Å². The molecule has 0 fully saturated rings. The van der Waals surface area contributed by atoms with Crippen LogP contribution in [0.15, 0.2) is 41.7 Å². The average Bonchev–Trinajstić information content (AvgIpc) is 3.09. The minimum atomic E-state index is 0.437. The molecule has 1 N–H and O–H groups in total. The van der Waals surface area contributed by atoms with Crippen molar-refractivity contribution in [2.75, 3.05) is 13.1 Å². The van der Waals surface area contributed by atoms with Gasteiger partial charge in [0.25, 0.3) is 0 Å². The molecule has 0 bridgehead atoms. The Morgan fingerprint density at radius 1 is 1.35 bits per heavy atom. The van der Waals surface area contributed by atoms with Gasteiger partial charge in [0, 0.05) is 20.0 Å². The van der Waals surface area contributed by atoms with Gasteiger partial charge in [-0.3, -0.25) is 9.67 Å². The number of hydrogen-bond acceptors (Lipinski definition) is 5. The number of aryl methyl sites for hydroxylation is 1. The second kappa shape index (κ2) is 6.09. The maximum atomic E-state index is 4.55. The van der Waals surface area contributed by atoms with E-state index in [4.69, 9.17) is 0 Å². The Hall–Kier alpha value is -1.82. The Morgan fingerprint density at radius 2 is 2.20 bits per heavy atom. The van der Waals surface area contributed by atoms with Crippen LogP contribution in [-0.2, 0) is 13.5 Å². The molecular weight excluding hydrogens is 270 g/mol. The fourth-order valence-corrected chi connectivity index (χ4v) is 3.14. The molecule has 0 saturated heterocycles. The van der Waals surface area contributed by atoms with Crippen molar-refractivity contribution in [1.82, 2.24) is 20.1 Å². The minimum Gasteiger partial charge on any atom is -0.364 e. The molecule has 0 saturated carbocycles. The van der Waals surface area contributed by atoms with Gasteiger partial charge in [-0.25, -0.2) is 4.98 Å². The van der Waals surface area contributed by atoms with Crippen molar-refractivity contribution in [3.8, 4) is 0 Å². The zero-order chi connectivity index (χ0) is 13.8. The molecule has 2 heterocycles. The lowest BCUT2D eigenvalue weighted by Gasteiger charge is -2.08. The molecule has 0 amide bonds. The third-order valence-electron chi connectivity index (χ3n) is 3.10. The number of hydrogen-bond donors (Lipinski definition) is 1. The van der Waals surface area contributed by atoms with E-state index < -0.39 is 0 Å². The van der Waals surface area contributed by atoms with E-state index in [-0.39, 0.29) is 0 Å². The molecule has 104 valence electrons. The maximum Gasteiger partial charge on any atom is 0.157 e. The van der Waals surface area contributed by atoms with Gasteiger partial charge in [-0.1, -0.05) is 42.1 Å². The molecule has 1 aliphatic heterocycles. The lowest BCUT2D eigenvalue weighted by Crippen LogP contribution is -2.22. The van der Waals surface area contributed by atoms with E-state index in [1.807, 2.05) is 13.1 Å². The van der Waals surface area contributed by atoms with Crippen molar-refractivity contribution < 1.29 is 0 Å². The number of benzene rings is 1. The van der Waals surface area contributed by atoms with Crippen LogP contribution in [0, 0.1) is 0 Å². The van der Waals surface area contributed by atoms with Crippen molar-refractivity contribution in [3.05, 3.63) is 48.0 Å². The van der Waals surface area contributed by atoms with E-state index in [1.54, 1.807) is 22.8 Å². The first-order chi connectivity index (χ1) is 9.81. The molecule has 1 unspecified atom stereocenters. The Bertz CT molecular complexity index is 593. The third kappa shape index (κ3) is 3.19. The number of amidine groups is 1. The van der Waals surface area contributed by atoms with Crippen molar-refractivity contribution in [2.45, 2.75) is 11.7 Å². The van der Waals surface area contributed by atoms with Crippen LogP contribution in [0.5, 0.6) is 0 Å². The number of rotatable bonds is 4. The maximum absolute atomic E-state index is 4.55. The number of thioether (sulfide) groups is 1. The number of nitrogens with one attached hydrogen (secondary N) is 1. The van der Waals surface area contributed by atoms with Crippen LogP contribution in [0.1, 0.15) is 16.6 Å². The molecule has 3 rings (SSSR count). The Balaban J connectivity index is 1.46. The summed E-state index contributed by atoms with van der Waals surface area (Å²) in [6, 6.07) is 10.5. The molecule has 0 spiro atoms.